The molecule has 1 unspecified atom stereocenters. The normalized spacial score (nSPS) is 17.5. The number of nitrogens with zero attached hydrogens (tertiary/aromatic N) is 2. The van der Waals surface area contributed by atoms with E-state index in [9.17, 15) is 23.6 Å². The van der Waals surface area contributed by atoms with E-state index in [2.05, 4.69) is 5.32 Å². The molecule has 0 spiro atoms. The zero-order chi connectivity index (χ0) is 22.1. The van der Waals surface area contributed by atoms with Gasteiger partial charge in [0.2, 0.25) is 5.91 Å². The second kappa shape index (κ2) is 8.29. The minimum absolute atomic E-state index is 0.0317. The number of rotatable bonds is 4. The van der Waals surface area contributed by atoms with E-state index in [4.69, 9.17) is 0 Å². The maximum Gasteiger partial charge on any atom is 0.262 e. The van der Waals surface area contributed by atoms with Crippen LogP contribution in [-0.4, -0.2) is 58.6 Å². The summed E-state index contributed by atoms with van der Waals surface area (Å²) in [5.41, 5.74) is 0.628. The molecule has 4 amide bonds. The summed E-state index contributed by atoms with van der Waals surface area (Å²) in [6.07, 6.45) is 1.00. The molecule has 2 heterocycles. The molecule has 2 aliphatic heterocycles. The Balaban J connectivity index is 1.34. The SMILES string of the molecule is CC(C(=O)NC1CCN(C(=O)c2ccccc2F)CC1)N1C(=O)c2ccccc2C1=O. The number of imide groups is 1. The van der Waals surface area contributed by atoms with Crippen LogP contribution in [0.4, 0.5) is 4.39 Å². The molecule has 4 rings (SSSR count). The van der Waals surface area contributed by atoms with Crippen molar-refractivity contribution in [2.45, 2.75) is 31.8 Å². The molecule has 0 radical (unpaired) electrons. The van der Waals surface area contributed by atoms with Crippen molar-refractivity contribution >= 4 is 23.6 Å². The fraction of sp³-hybridized carbons (Fsp3) is 0.304. The van der Waals surface area contributed by atoms with Crippen molar-refractivity contribution < 1.29 is 23.6 Å². The van der Waals surface area contributed by atoms with Crippen molar-refractivity contribution in [3.63, 3.8) is 0 Å². The van der Waals surface area contributed by atoms with Gasteiger partial charge in [0.15, 0.2) is 0 Å². The lowest BCUT2D eigenvalue weighted by atomic mass is 10.0. The summed E-state index contributed by atoms with van der Waals surface area (Å²) in [6.45, 7) is 2.27. The van der Waals surface area contributed by atoms with Gasteiger partial charge in [-0.05, 0) is 44.0 Å². The van der Waals surface area contributed by atoms with Crippen molar-refractivity contribution in [2.24, 2.45) is 0 Å². The second-order valence-corrected chi connectivity index (χ2v) is 7.76. The maximum absolute atomic E-state index is 13.9. The van der Waals surface area contributed by atoms with Gasteiger partial charge in [0.1, 0.15) is 11.9 Å². The quantitative estimate of drug-likeness (QED) is 0.764. The van der Waals surface area contributed by atoms with Crippen LogP contribution in [-0.2, 0) is 4.79 Å². The molecule has 2 aromatic carbocycles. The average Bonchev–Trinajstić information content (AvgIpc) is 3.04. The smallest absolute Gasteiger partial charge is 0.262 e. The number of hydrogen-bond acceptors (Lipinski definition) is 4. The van der Waals surface area contributed by atoms with E-state index >= 15 is 0 Å². The van der Waals surface area contributed by atoms with Gasteiger partial charge in [-0.25, -0.2) is 4.39 Å². The first-order valence-electron chi connectivity index (χ1n) is 10.2. The summed E-state index contributed by atoms with van der Waals surface area (Å²) in [6, 6.07) is 11.2. The van der Waals surface area contributed by atoms with Crippen LogP contribution in [0.15, 0.2) is 48.5 Å². The third-order valence-electron chi connectivity index (χ3n) is 5.83. The molecule has 8 heteroatoms. The summed E-state index contributed by atoms with van der Waals surface area (Å²) in [5, 5.41) is 2.88. The van der Waals surface area contributed by atoms with Gasteiger partial charge in [0.25, 0.3) is 17.7 Å². The Kier molecular flexibility index (Phi) is 5.54. The molecule has 2 aliphatic rings. The molecule has 160 valence electrons. The van der Waals surface area contributed by atoms with Crippen LogP contribution in [0.5, 0.6) is 0 Å². The van der Waals surface area contributed by atoms with Gasteiger partial charge in [-0.15, -0.1) is 0 Å². The van der Waals surface area contributed by atoms with Crippen molar-refractivity contribution in [2.75, 3.05) is 13.1 Å². The van der Waals surface area contributed by atoms with Crippen molar-refractivity contribution in [3.05, 3.63) is 71.0 Å². The summed E-state index contributed by atoms with van der Waals surface area (Å²) >= 11 is 0. The van der Waals surface area contributed by atoms with Crippen LogP contribution in [0.25, 0.3) is 0 Å². The Morgan fingerprint density at radius 1 is 0.968 bits per heavy atom. The van der Waals surface area contributed by atoms with Crippen LogP contribution in [0.1, 0.15) is 50.8 Å². The highest BCUT2D eigenvalue weighted by Crippen LogP contribution is 2.25. The van der Waals surface area contributed by atoms with E-state index in [1.165, 1.54) is 25.1 Å². The Bertz CT molecular complexity index is 1030. The minimum atomic E-state index is -0.953. The third-order valence-corrected chi connectivity index (χ3v) is 5.83. The van der Waals surface area contributed by atoms with Gasteiger partial charge >= 0.3 is 0 Å². The van der Waals surface area contributed by atoms with Crippen LogP contribution in [0, 0.1) is 5.82 Å². The molecule has 7 nitrogen and oxygen atoms in total. The number of carbonyl (C=O) groups is 4. The topological polar surface area (TPSA) is 86.8 Å². The first-order chi connectivity index (χ1) is 14.9. The predicted molar refractivity (Wildman–Crippen MR) is 110 cm³/mol. The Morgan fingerprint density at radius 3 is 2.10 bits per heavy atom. The van der Waals surface area contributed by atoms with Crippen LogP contribution in [0.2, 0.25) is 0 Å². The molecule has 1 fully saturated rings. The van der Waals surface area contributed by atoms with Crippen LogP contribution in [0.3, 0.4) is 0 Å². The molecule has 31 heavy (non-hydrogen) atoms. The van der Waals surface area contributed by atoms with Crippen LogP contribution < -0.4 is 5.32 Å². The summed E-state index contributed by atoms with van der Waals surface area (Å²) in [7, 11) is 0. The number of nitrogens with one attached hydrogen (secondary N) is 1. The van der Waals surface area contributed by atoms with E-state index in [1.54, 1.807) is 35.2 Å². The van der Waals surface area contributed by atoms with Gasteiger partial charge in [0.05, 0.1) is 16.7 Å². The molecule has 2 aromatic rings. The van der Waals surface area contributed by atoms with E-state index in [-0.39, 0.29) is 17.5 Å². The zero-order valence-electron chi connectivity index (χ0n) is 17.0. The standard InChI is InChI=1S/C23H22FN3O4/c1-14(27-22(30)16-6-2-3-7-17(16)23(27)31)20(28)25-15-10-12-26(13-11-15)21(29)18-8-4-5-9-19(18)24/h2-9,14-15H,10-13H2,1H3,(H,25,28). The molecule has 1 saturated heterocycles. The number of halogens is 1. The first-order valence-corrected chi connectivity index (χ1v) is 10.2. The fourth-order valence-corrected chi connectivity index (χ4v) is 4.03. The first kappa shape index (κ1) is 20.7. The summed E-state index contributed by atoms with van der Waals surface area (Å²) < 4.78 is 13.9. The maximum atomic E-state index is 13.9. The summed E-state index contributed by atoms with van der Waals surface area (Å²) in [5.74, 6) is -2.31. The molecule has 0 saturated carbocycles. The van der Waals surface area contributed by atoms with Crippen LogP contribution >= 0.6 is 0 Å². The molecular weight excluding hydrogens is 401 g/mol. The molecule has 1 N–H and O–H groups in total. The largest absolute Gasteiger partial charge is 0.351 e. The molecular formula is C23H22FN3O4. The number of likely N-dealkylation sites (tertiary alicyclic amines) is 1. The second-order valence-electron chi connectivity index (χ2n) is 7.76. The van der Waals surface area contributed by atoms with E-state index in [1.807, 2.05) is 0 Å². The van der Waals surface area contributed by atoms with Gasteiger partial charge < -0.3 is 10.2 Å². The molecule has 0 aromatic heterocycles. The fourth-order valence-electron chi connectivity index (χ4n) is 4.03. The minimum Gasteiger partial charge on any atom is -0.351 e. The Labute approximate surface area is 178 Å². The number of piperidine rings is 1. The molecule has 1 atom stereocenters. The number of benzene rings is 2. The highest BCUT2D eigenvalue weighted by molar-refractivity contribution is 6.22. The van der Waals surface area contributed by atoms with Gasteiger partial charge in [-0.3, -0.25) is 24.1 Å². The third kappa shape index (κ3) is 3.81. The lowest BCUT2D eigenvalue weighted by Crippen LogP contribution is -2.53. The predicted octanol–water partition coefficient (Wildman–Crippen LogP) is 2.23. The van der Waals surface area contributed by atoms with Gasteiger partial charge in [0, 0.05) is 19.1 Å². The molecule has 0 bridgehead atoms. The lowest BCUT2D eigenvalue weighted by molar-refractivity contribution is -0.125. The van der Waals surface area contributed by atoms with Crippen molar-refractivity contribution in [1.82, 2.24) is 15.1 Å². The number of carbonyl (C=O) groups excluding carboxylic acids is 4. The van der Waals surface area contributed by atoms with Gasteiger partial charge in [-0.2, -0.15) is 0 Å². The number of hydrogen-bond donors (Lipinski definition) is 1. The Morgan fingerprint density at radius 2 is 1.52 bits per heavy atom. The zero-order valence-corrected chi connectivity index (χ0v) is 17.0. The van der Waals surface area contributed by atoms with E-state index in [0.29, 0.717) is 37.1 Å². The van der Waals surface area contributed by atoms with Crippen molar-refractivity contribution in [3.8, 4) is 0 Å². The highest BCUT2D eigenvalue weighted by Gasteiger charge is 2.41. The van der Waals surface area contributed by atoms with Crippen molar-refractivity contribution in [1.29, 1.82) is 0 Å². The molecule has 0 aliphatic carbocycles. The number of fused-ring (bicyclic) bond motifs is 1. The number of amides is 4. The van der Waals surface area contributed by atoms with Gasteiger partial charge in [-0.1, -0.05) is 24.3 Å². The average molecular weight is 423 g/mol. The van der Waals surface area contributed by atoms with E-state index in [0.717, 1.165) is 4.90 Å². The summed E-state index contributed by atoms with van der Waals surface area (Å²) in [4.78, 5) is 53.0. The van der Waals surface area contributed by atoms with E-state index < -0.39 is 29.6 Å². The Hall–Kier alpha value is -3.55. The lowest BCUT2D eigenvalue weighted by Gasteiger charge is -2.33. The highest BCUT2D eigenvalue weighted by atomic mass is 19.1. The monoisotopic (exact) mass is 423 g/mol.